The average Bonchev–Trinajstić information content (AvgIpc) is 3.11. The van der Waals surface area contributed by atoms with Crippen LogP contribution in [0.15, 0.2) is 18.2 Å². The second kappa shape index (κ2) is 6.22. The number of β-lactam (4-membered cyclic amide) rings is 1. The Bertz CT molecular complexity index is 935. The number of aromatic nitrogens is 2. The predicted octanol–water partition coefficient (Wildman–Crippen LogP) is -2.11. The lowest BCUT2D eigenvalue weighted by molar-refractivity contribution is -0.508. The van der Waals surface area contributed by atoms with Crippen molar-refractivity contribution in [2.24, 2.45) is 13.0 Å². The maximum Gasteiger partial charge on any atom is 0.352 e. The van der Waals surface area contributed by atoms with Gasteiger partial charge in [0.1, 0.15) is 11.9 Å². The molecule has 1 saturated heterocycles. The van der Waals surface area contributed by atoms with E-state index >= 15 is 0 Å². The van der Waals surface area contributed by atoms with Crippen molar-refractivity contribution >= 4 is 45.2 Å². The number of aryl methyl sites for hydroxylation is 1. The number of hydrogen-bond acceptors (Lipinski definition) is 4. The summed E-state index contributed by atoms with van der Waals surface area (Å²) in [7, 11) is 1.83. The minimum absolute atomic E-state index is 0. The lowest BCUT2D eigenvalue weighted by Gasteiger charge is -2.44. The Morgan fingerprint density at radius 1 is 1.52 bits per heavy atom. The van der Waals surface area contributed by atoms with Gasteiger partial charge in [0.15, 0.2) is 0 Å². The summed E-state index contributed by atoms with van der Waals surface area (Å²) in [5, 5.41) is 19.9. The standard InChI is InChI=1S/C15H14ClN3O4S.HI/c1-6(20)10-8-3-7(11(15(22)23)19(8)13(10)21)9-4-18-5-17(2)12(16)14(18)24-9;/h4-6,8,10,20H,3H2,1-2H3;1H/t6-,8-,10-;/m1./s1. The molecule has 0 aromatic carbocycles. The van der Waals surface area contributed by atoms with Gasteiger partial charge < -0.3 is 39.1 Å². The molecule has 0 bridgehead atoms. The van der Waals surface area contributed by atoms with E-state index in [1.807, 2.05) is 24.0 Å². The molecule has 0 unspecified atom stereocenters. The maximum atomic E-state index is 12.2. The van der Waals surface area contributed by atoms with E-state index in [1.54, 1.807) is 11.5 Å². The summed E-state index contributed by atoms with van der Waals surface area (Å²) in [6.07, 6.45) is 3.28. The van der Waals surface area contributed by atoms with E-state index in [0.29, 0.717) is 17.1 Å². The molecule has 0 aliphatic carbocycles. The number of aliphatic carboxylic acids is 1. The first-order valence-electron chi connectivity index (χ1n) is 7.44. The van der Waals surface area contributed by atoms with Crippen LogP contribution in [-0.2, 0) is 16.6 Å². The highest BCUT2D eigenvalue weighted by molar-refractivity contribution is 7.18. The monoisotopic (exact) mass is 495 g/mol. The zero-order valence-electron chi connectivity index (χ0n) is 13.3. The van der Waals surface area contributed by atoms with Crippen LogP contribution in [0.1, 0.15) is 18.2 Å². The number of carbonyl (C=O) groups is 2. The van der Waals surface area contributed by atoms with Gasteiger partial charge in [-0.1, -0.05) is 11.3 Å². The van der Waals surface area contributed by atoms with Crippen LogP contribution >= 0.6 is 22.9 Å². The summed E-state index contributed by atoms with van der Waals surface area (Å²) < 4.78 is 3.62. The van der Waals surface area contributed by atoms with Gasteiger partial charge in [-0.3, -0.25) is 4.79 Å². The molecule has 0 saturated carbocycles. The molecule has 4 heterocycles. The average molecular weight is 496 g/mol. The topological polar surface area (TPSA) is 86.9 Å². The fourth-order valence-corrected chi connectivity index (χ4v) is 4.99. The van der Waals surface area contributed by atoms with Gasteiger partial charge in [0.2, 0.25) is 10.7 Å². The van der Waals surface area contributed by atoms with Crippen molar-refractivity contribution in [3.63, 3.8) is 0 Å². The van der Waals surface area contributed by atoms with Gasteiger partial charge in [0, 0.05) is 5.57 Å². The molecule has 1 fully saturated rings. The van der Waals surface area contributed by atoms with Gasteiger partial charge in [-0.05, 0) is 24.9 Å². The molecule has 25 heavy (non-hydrogen) atoms. The van der Waals surface area contributed by atoms with Crippen LogP contribution in [0.4, 0.5) is 0 Å². The van der Waals surface area contributed by atoms with Crippen LogP contribution in [0.2, 0.25) is 5.15 Å². The van der Waals surface area contributed by atoms with E-state index in [4.69, 9.17) is 11.6 Å². The molecule has 7 nitrogen and oxygen atoms in total. The Labute approximate surface area is 169 Å². The van der Waals surface area contributed by atoms with Gasteiger partial charge >= 0.3 is 5.97 Å². The fourth-order valence-electron chi connectivity index (χ4n) is 3.62. The van der Waals surface area contributed by atoms with Gasteiger partial charge in [-0.25, -0.2) is 9.36 Å². The van der Waals surface area contributed by atoms with E-state index in [2.05, 4.69) is 0 Å². The van der Waals surface area contributed by atoms with Gasteiger partial charge in [-0.15, -0.1) is 0 Å². The number of carbonyl (C=O) groups excluding carboxylic acids is 1. The Kier molecular flexibility index (Phi) is 4.63. The highest BCUT2D eigenvalue weighted by Crippen LogP contribution is 2.47. The van der Waals surface area contributed by atoms with E-state index in [9.17, 15) is 19.8 Å². The van der Waals surface area contributed by atoms with Crippen LogP contribution < -0.4 is 28.4 Å². The van der Waals surface area contributed by atoms with Crippen molar-refractivity contribution in [1.82, 2.24) is 9.47 Å². The highest BCUT2D eigenvalue weighted by Gasteiger charge is 2.57. The molecule has 2 aromatic heterocycles. The molecular formula is C15H15ClIN3O4S. The van der Waals surface area contributed by atoms with E-state index in [-0.39, 0.29) is 41.6 Å². The number of carboxylic acid groups (broad SMARTS) is 1. The number of aliphatic hydroxyl groups excluding tert-OH is 1. The lowest BCUT2D eigenvalue weighted by Crippen LogP contribution is -3.00. The molecule has 2 N–H and O–H groups in total. The number of aliphatic hydroxyl groups is 1. The first-order valence-corrected chi connectivity index (χ1v) is 8.64. The normalized spacial score (nSPS) is 23.5. The summed E-state index contributed by atoms with van der Waals surface area (Å²) in [6, 6.07) is -0.286. The lowest BCUT2D eigenvalue weighted by atomic mass is 9.83. The number of imidazole rings is 1. The van der Waals surface area contributed by atoms with Crippen molar-refractivity contribution in [1.29, 1.82) is 0 Å². The zero-order chi connectivity index (χ0) is 17.3. The third-order valence-electron chi connectivity index (χ3n) is 4.71. The molecule has 3 atom stereocenters. The molecule has 4 rings (SSSR count). The van der Waals surface area contributed by atoms with Gasteiger partial charge in [-0.2, -0.15) is 4.40 Å². The minimum atomic E-state index is -1.13. The molecule has 10 heteroatoms. The number of rotatable bonds is 3. The van der Waals surface area contributed by atoms with Crippen molar-refractivity contribution in [2.45, 2.75) is 25.5 Å². The number of carboxylic acids is 1. The quantitative estimate of drug-likeness (QED) is 0.290. The van der Waals surface area contributed by atoms with Crippen LogP contribution in [0.25, 0.3) is 10.4 Å². The largest absolute Gasteiger partial charge is 1.00 e. The predicted molar refractivity (Wildman–Crippen MR) is 86.4 cm³/mol. The molecule has 134 valence electrons. The van der Waals surface area contributed by atoms with Crippen LogP contribution in [0, 0.1) is 5.92 Å². The Hall–Kier alpha value is -1.17. The smallest absolute Gasteiger partial charge is 0.352 e. The van der Waals surface area contributed by atoms with Gasteiger partial charge in [0.05, 0.1) is 30.0 Å². The van der Waals surface area contributed by atoms with E-state index < -0.39 is 18.0 Å². The molecular weight excluding hydrogens is 481 g/mol. The number of thiazole rings is 1. The first-order chi connectivity index (χ1) is 11.3. The van der Waals surface area contributed by atoms with Crippen molar-refractivity contribution in [3.8, 4) is 0 Å². The summed E-state index contributed by atoms with van der Waals surface area (Å²) >= 11 is 7.64. The summed E-state index contributed by atoms with van der Waals surface area (Å²) in [5.41, 5.74) is 0.642. The third kappa shape index (κ3) is 2.51. The number of nitrogens with zero attached hydrogens (tertiary/aromatic N) is 3. The molecule has 0 spiro atoms. The SMILES string of the molecule is C[C@@H](O)[C@H]1C(=O)N2C(C(=O)O)=C(c3c[n+]4cn(C)c(Cl)c4s3)C[C@H]12.[I-]. The number of amides is 1. The zero-order valence-corrected chi connectivity index (χ0v) is 17.0. The summed E-state index contributed by atoms with van der Waals surface area (Å²) in [6.45, 7) is 1.56. The molecule has 1 amide bonds. The maximum absolute atomic E-state index is 12.2. The first kappa shape index (κ1) is 18.6. The second-order valence-corrected chi connectivity index (χ2v) is 7.59. The molecule has 2 aliphatic heterocycles. The second-order valence-electron chi connectivity index (χ2n) is 6.20. The van der Waals surface area contributed by atoms with Gasteiger partial charge in [0.25, 0.3) is 11.5 Å². The van der Waals surface area contributed by atoms with Crippen molar-refractivity contribution in [3.05, 3.63) is 28.3 Å². The van der Waals surface area contributed by atoms with E-state index in [1.165, 1.54) is 16.2 Å². The summed E-state index contributed by atoms with van der Waals surface area (Å²) in [4.78, 5) is 26.9. The van der Waals surface area contributed by atoms with Crippen molar-refractivity contribution < 1.29 is 48.2 Å². The van der Waals surface area contributed by atoms with Crippen LogP contribution in [-0.4, -0.2) is 43.7 Å². The van der Waals surface area contributed by atoms with Crippen molar-refractivity contribution in [2.75, 3.05) is 0 Å². The Morgan fingerprint density at radius 2 is 2.20 bits per heavy atom. The molecule has 0 radical (unpaired) electrons. The number of hydrogen-bond donors (Lipinski definition) is 2. The fraction of sp³-hybridized carbons (Fsp3) is 0.400. The third-order valence-corrected chi connectivity index (χ3v) is 6.44. The minimum Gasteiger partial charge on any atom is -1.00 e. The van der Waals surface area contributed by atoms with Crippen LogP contribution in [0.5, 0.6) is 0 Å². The number of fused-ring (bicyclic) bond motifs is 2. The molecule has 2 aromatic rings. The highest BCUT2D eigenvalue weighted by atomic mass is 127. The Balaban J connectivity index is 0.00000182. The number of halogens is 2. The Morgan fingerprint density at radius 3 is 2.76 bits per heavy atom. The summed E-state index contributed by atoms with van der Waals surface area (Å²) in [5.74, 6) is -1.99. The molecule has 2 aliphatic rings. The van der Waals surface area contributed by atoms with Crippen LogP contribution in [0.3, 0.4) is 0 Å². The van der Waals surface area contributed by atoms with E-state index in [0.717, 1.165) is 9.71 Å².